The van der Waals surface area contributed by atoms with Crippen LogP contribution in [0.5, 0.6) is 0 Å². The van der Waals surface area contributed by atoms with Crippen molar-refractivity contribution in [2.24, 2.45) is 5.73 Å². The maximum absolute atomic E-state index is 5.08. The SMILES string of the molecule is CCC/C=C/C=C\N. The Kier molecular flexibility index (Phi) is 5.71. The zero-order valence-corrected chi connectivity index (χ0v) is 5.30. The number of rotatable bonds is 3. The fourth-order valence-corrected chi connectivity index (χ4v) is 0.406. The Morgan fingerprint density at radius 2 is 2.12 bits per heavy atom. The average Bonchev–Trinajstić information content (AvgIpc) is 1.81. The maximum Gasteiger partial charge on any atom is -0.00625 e. The van der Waals surface area contributed by atoms with E-state index in [0.717, 1.165) is 6.42 Å². The molecule has 1 nitrogen and oxygen atoms in total. The molecule has 0 spiro atoms. The second-order valence-electron chi connectivity index (χ2n) is 1.60. The molecule has 0 saturated carbocycles. The van der Waals surface area contributed by atoms with Gasteiger partial charge in [-0.1, -0.05) is 25.5 Å². The lowest BCUT2D eigenvalue weighted by molar-refractivity contribution is 0.959. The van der Waals surface area contributed by atoms with Gasteiger partial charge in [0.05, 0.1) is 0 Å². The summed E-state index contributed by atoms with van der Waals surface area (Å²) in [7, 11) is 0. The smallest absolute Gasteiger partial charge is 0.00625 e. The zero-order chi connectivity index (χ0) is 6.24. The summed E-state index contributed by atoms with van der Waals surface area (Å²) < 4.78 is 0. The fraction of sp³-hybridized carbons (Fsp3) is 0.429. The molecule has 0 heterocycles. The van der Waals surface area contributed by atoms with Crippen molar-refractivity contribution in [3.8, 4) is 0 Å². The van der Waals surface area contributed by atoms with Crippen LogP contribution in [0.2, 0.25) is 0 Å². The molecule has 0 fully saturated rings. The van der Waals surface area contributed by atoms with Crippen molar-refractivity contribution in [2.75, 3.05) is 0 Å². The quantitative estimate of drug-likeness (QED) is 0.552. The van der Waals surface area contributed by atoms with Gasteiger partial charge in [0.1, 0.15) is 0 Å². The van der Waals surface area contributed by atoms with Gasteiger partial charge in [0.25, 0.3) is 0 Å². The van der Waals surface area contributed by atoms with Gasteiger partial charge in [0, 0.05) is 0 Å². The van der Waals surface area contributed by atoms with E-state index in [-0.39, 0.29) is 0 Å². The monoisotopic (exact) mass is 111 g/mol. The molecular formula is C7H13N. The van der Waals surface area contributed by atoms with Crippen LogP contribution in [-0.4, -0.2) is 0 Å². The molecule has 0 aliphatic carbocycles. The predicted molar refractivity (Wildman–Crippen MR) is 37.4 cm³/mol. The van der Waals surface area contributed by atoms with Crippen LogP contribution in [0.1, 0.15) is 19.8 Å². The maximum atomic E-state index is 5.08. The van der Waals surface area contributed by atoms with E-state index >= 15 is 0 Å². The third-order valence-electron chi connectivity index (χ3n) is 0.814. The van der Waals surface area contributed by atoms with Gasteiger partial charge >= 0.3 is 0 Å². The number of nitrogens with two attached hydrogens (primary N) is 1. The molecule has 46 valence electrons. The molecule has 1 heteroatoms. The van der Waals surface area contributed by atoms with Crippen LogP contribution in [0.4, 0.5) is 0 Å². The molecule has 8 heavy (non-hydrogen) atoms. The summed E-state index contributed by atoms with van der Waals surface area (Å²) in [4.78, 5) is 0. The first-order chi connectivity index (χ1) is 3.91. The molecule has 0 amide bonds. The minimum atomic E-state index is 1.14. The lowest BCUT2D eigenvalue weighted by Gasteiger charge is -1.78. The van der Waals surface area contributed by atoms with Gasteiger partial charge < -0.3 is 5.73 Å². The number of allylic oxidation sites excluding steroid dienone is 3. The van der Waals surface area contributed by atoms with Gasteiger partial charge in [-0.05, 0) is 18.7 Å². The van der Waals surface area contributed by atoms with E-state index in [0.29, 0.717) is 0 Å². The minimum Gasteiger partial charge on any atom is -0.405 e. The largest absolute Gasteiger partial charge is 0.405 e. The summed E-state index contributed by atoms with van der Waals surface area (Å²) >= 11 is 0. The molecule has 0 aliphatic rings. The molecule has 0 radical (unpaired) electrons. The topological polar surface area (TPSA) is 26.0 Å². The van der Waals surface area contributed by atoms with Gasteiger partial charge in [-0.15, -0.1) is 0 Å². The van der Waals surface area contributed by atoms with Crippen LogP contribution in [0.25, 0.3) is 0 Å². The van der Waals surface area contributed by atoms with Crippen molar-refractivity contribution in [1.29, 1.82) is 0 Å². The number of unbranched alkanes of at least 4 members (excludes halogenated alkanes) is 1. The first-order valence-corrected chi connectivity index (χ1v) is 2.95. The summed E-state index contributed by atoms with van der Waals surface area (Å²) in [6.45, 7) is 2.15. The Morgan fingerprint density at radius 1 is 1.38 bits per heavy atom. The van der Waals surface area contributed by atoms with E-state index in [9.17, 15) is 0 Å². The van der Waals surface area contributed by atoms with Gasteiger partial charge in [0.15, 0.2) is 0 Å². The third-order valence-corrected chi connectivity index (χ3v) is 0.814. The highest BCUT2D eigenvalue weighted by atomic mass is 14.5. The van der Waals surface area contributed by atoms with E-state index in [1.54, 1.807) is 0 Å². The second-order valence-corrected chi connectivity index (χ2v) is 1.60. The van der Waals surface area contributed by atoms with Crippen molar-refractivity contribution < 1.29 is 0 Å². The van der Waals surface area contributed by atoms with Crippen LogP contribution in [0, 0.1) is 0 Å². The molecule has 2 N–H and O–H groups in total. The van der Waals surface area contributed by atoms with E-state index in [1.165, 1.54) is 12.6 Å². The third kappa shape index (κ3) is 5.28. The lowest BCUT2D eigenvalue weighted by Crippen LogP contribution is -1.72. The second kappa shape index (κ2) is 6.28. The molecule has 0 rings (SSSR count). The van der Waals surface area contributed by atoms with Gasteiger partial charge in [0.2, 0.25) is 0 Å². The summed E-state index contributed by atoms with van der Waals surface area (Å²) in [6, 6.07) is 0. The first-order valence-electron chi connectivity index (χ1n) is 2.95. The Labute approximate surface area is 50.9 Å². The summed E-state index contributed by atoms with van der Waals surface area (Å²) in [6.07, 6.45) is 9.77. The first kappa shape index (κ1) is 7.28. The zero-order valence-electron chi connectivity index (χ0n) is 5.30. The molecule has 0 aromatic carbocycles. The Balaban J connectivity index is 3.07. The standard InChI is InChI=1S/C7H13N/c1-2-3-4-5-6-7-8/h4-7H,2-3,8H2,1H3/b5-4+,7-6-. The van der Waals surface area contributed by atoms with Crippen molar-refractivity contribution in [3.63, 3.8) is 0 Å². The lowest BCUT2D eigenvalue weighted by atomic mass is 10.3. The average molecular weight is 111 g/mol. The van der Waals surface area contributed by atoms with Gasteiger partial charge in [-0.25, -0.2) is 0 Å². The molecular weight excluding hydrogens is 98.1 g/mol. The van der Waals surface area contributed by atoms with Crippen LogP contribution >= 0.6 is 0 Å². The highest BCUT2D eigenvalue weighted by Gasteiger charge is 1.67. The normalized spacial score (nSPS) is 11.6. The van der Waals surface area contributed by atoms with Crippen molar-refractivity contribution >= 4 is 0 Å². The number of hydrogen-bond donors (Lipinski definition) is 1. The van der Waals surface area contributed by atoms with Crippen LogP contribution in [0.15, 0.2) is 24.4 Å². The highest BCUT2D eigenvalue weighted by Crippen LogP contribution is 1.87. The summed E-state index contributed by atoms with van der Waals surface area (Å²) in [5.74, 6) is 0. The fourth-order valence-electron chi connectivity index (χ4n) is 0.406. The Morgan fingerprint density at radius 3 is 2.62 bits per heavy atom. The highest BCUT2D eigenvalue weighted by molar-refractivity contribution is 5.00. The Hall–Kier alpha value is -0.720. The van der Waals surface area contributed by atoms with E-state index < -0.39 is 0 Å². The molecule has 0 atom stereocenters. The summed E-state index contributed by atoms with van der Waals surface area (Å²) in [5, 5.41) is 0. The van der Waals surface area contributed by atoms with Crippen molar-refractivity contribution in [1.82, 2.24) is 0 Å². The van der Waals surface area contributed by atoms with Crippen LogP contribution < -0.4 is 5.73 Å². The Bertz CT molecular complexity index is 82.4. The molecule has 0 saturated heterocycles. The summed E-state index contributed by atoms with van der Waals surface area (Å²) in [5.41, 5.74) is 5.08. The molecule has 0 aromatic rings. The van der Waals surface area contributed by atoms with E-state index in [4.69, 9.17) is 5.73 Å². The molecule has 0 aromatic heterocycles. The molecule has 0 aliphatic heterocycles. The molecule has 0 bridgehead atoms. The van der Waals surface area contributed by atoms with Crippen LogP contribution in [0.3, 0.4) is 0 Å². The van der Waals surface area contributed by atoms with Gasteiger partial charge in [-0.3, -0.25) is 0 Å². The van der Waals surface area contributed by atoms with E-state index in [2.05, 4.69) is 13.0 Å². The van der Waals surface area contributed by atoms with Crippen LogP contribution in [-0.2, 0) is 0 Å². The van der Waals surface area contributed by atoms with Gasteiger partial charge in [-0.2, -0.15) is 0 Å². The minimum absolute atomic E-state index is 1.14. The number of hydrogen-bond acceptors (Lipinski definition) is 1. The van der Waals surface area contributed by atoms with Crippen molar-refractivity contribution in [2.45, 2.75) is 19.8 Å². The predicted octanol–water partition coefficient (Wildman–Crippen LogP) is 1.82. The molecule has 0 unspecified atom stereocenters. The van der Waals surface area contributed by atoms with E-state index in [1.807, 2.05) is 12.2 Å². The van der Waals surface area contributed by atoms with Crippen molar-refractivity contribution in [3.05, 3.63) is 24.4 Å².